The predicted molar refractivity (Wildman–Crippen MR) is 74.5 cm³/mol. The number of nitrogens with zero attached hydrogens (tertiary/aromatic N) is 1. The molecular weight excluding hydrogens is 257 g/mol. The minimum Gasteiger partial charge on any atom is -0.478 e. The van der Waals surface area contributed by atoms with Gasteiger partial charge in [-0.3, -0.25) is 4.98 Å². The lowest BCUT2D eigenvalue weighted by Crippen LogP contribution is -2.19. The van der Waals surface area contributed by atoms with E-state index in [1.807, 2.05) is 0 Å². The van der Waals surface area contributed by atoms with E-state index in [0.29, 0.717) is 22.4 Å². The zero-order valence-electron chi connectivity index (χ0n) is 11.3. The Labute approximate surface area is 116 Å². The quantitative estimate of drug-likeness (QED) is 0.909. The summed E-state index contributed by atoms with van der Waals surface area (Å²) >= 11 is 0. The Balaban J connectivity index is 2.29. The summed E-state index contributed by atoms with van der Waals surface area (Å²) in [6.45, 7) is 2.12. The molecule has 3 rings (SSSR count). The maximum atomic E-state index is 13.3. The van der Waals surface area contributed by atoms with Crippen molar-refractivity contribution in [1.29, 1.82) is 0 Å². The van der Waals surface area contributed by atoms with Crippen molar-refractivity contribution in [2.45, 2.75) is 32.6 Å². The van der Waals surface area contributed by atoms with Crippen LogP contribution in [0.5, 0.6) is 0 Å². The number of benzene rings is 1. The number of rotatable bonds is 2. The summed E-state index contributed by atoms with van der Waals surface area (Å²) in [6.07, 6.45) is 3.60. The van der Waals surface area contributed by atoms with Gasteiger partial charge in [-0.25, -0.2) is 9.18 Å². The molecule has 0 fully saturated rings. The van der Waals surface area contributed by atoms with Gasteiger partial charge in [-0.15, -0.1) is 0 Å². The number of carbonyl (C=O) groups is 1. The molecule has 1 atom stereocenters. The molecule has 1 aromatic heterocycles. The number of carboxylic acid groups (broad SMARTS) is 1. The standard InChI is InChI=1S/C16H16FNO2/c1-2-9-3-6-13-12(7-9)15(16(19)20)11-5-4-10(17)8-14(11)18-13/h4-5,8-9H,2-3,6-7H2,1H3,(H,19,20). The van der Waals surface area contributed by atoms with Crippen LogP contribution in [0.3, 0.4) is 0 Å². The lowest BCUT2D eigenvalue weighted by Gasteiger charge is -2.25. The number of pyridine rings is 1. The minimum atomic E-state index is -0.947. The third-order valence-electron chi connectivity index (χ3n) is 4.21. The average Bonchev–Trinajstić information content (AvgIpc) is 2.43. The number of carboxylic acids is 1. The van der Waals surface area contributed by atoms with E-state index in [0.717, 1.165) is 36.9 Å². The molecule has 0 saturated carbocycles. The molecule has 0 radical (unpaired) electrons. The molecule has 0 bridgehead atoms. The number of aromatic nitrogens is 1. The monoisotopic (exact) mass is 273 g/mol. The Bertz CT molecular complexity index is 696. The molecule has 1 heterocycles. The summed E-state index contributed by atoms with van der Waals surface area (Å²) in [5.74, 6) is -0.819. The van der Waals surface area contributed by atoms with E-state index in [1.165, 1.54) is 18.2 Å². The molecule has 1 aliphatic carbocycles. The van der Waals surface area contributed by atoms with E-state index in [-0.39, 0.29) is 5.82 Å². The molecule has 1 N–H and O–H groups in total. The van der Waals surface area contributed by atoms with E-state index < -0.39 is 5.97 Å². The zero-order valence-corrected chi connectivity index (χ0v) is 11.3. The highest BCUT2D eigenvalue weighted by atomic mass is 19.1. The molecule has 0 saturated heterocycles. The molecule has 2 aromatic rings. The molecule has 1 aromatic carbocycles. The zero-order chi connectivity index (χ0) is 14.3. The summed E-state index contributed by atoms with van der Waals surface area (Å²) in [7, 11) is 0. The Kier molecular flexibility index (Phi) is 3.16. The van der Waals surface area contributed by atoms with Crippen molar-refractivity contribution in [2.75, 3.05) is 0 Å². The van der Waals surface area contributed by atoms with Crippen LogP contribution in [0.4, 0.5) is 4.39 Å². The van der Waals surface area contributed by atoms with Crippen molar-refractivity contribution in [3.05, 3.63) is 40.8 Å². The second-order valence-electron chi connectivity index (χ2n) is 5.40. The van der Waals surface area contributed by atoms with Gasteiger partial charge in [0.1, 0.15) is 5.82 Å². The van der Waals surface area contributed by atoms with Crippen LogP contribution in [0, 0.1) is 11.7 Å². The lowest BCUT2D eigenvalue weighted by molar-refractivity contribution is 0.0697. The predicted octanol–water partition coefficient (Wildman–Crippen LogP) is 3.59. The topological polar surface area (TPSA) is 50.2 Å². The van der Waals surface area contributed by atoms with Crippen molar-refractivity contribution in [1.82, 2.24) is 4.98 Å². The molecular formula is C16H16FNO2. The van der Waals surface area contributed by atoms with Crippen molar-refractivity contribution in [3.63, 3.8) is 0 Å². The van der Waals surface area contributed by atoms with Crippen LogP contribution in [-0.2, 0) is 12.8 Å². The molecule has 1 aliphatic rings. The first-order chi connectivity index (χ1) is 9.60. The van der Waals surface area contributed by atoms with Crippen LogP contribution in [0.2, 0.25) is 0 Å². The van der Waals surface area contributed by atoms with Crippen molar-refractivity contribution in [3.8, 4) is 0 Å². The number of aryl methyl sites for hydroxylation is 1. The molecule has 3 nitrogen and oxygen atoms in total. The van der Waals surface area contributed by atoms with Crippen molar-refractivity contribution >= 4 is 16.9 Å². The maximum absolute atomic E-state index is 13.3. The molecule has 104 valence electrons. The third kappa shape index (κ3) is 2.05. The third-order valence-corrected chi connectivity index (χ3v) is 4.21. The minimum absolute atomic E-state index is 0.308. The summed E-state index contributed by atoms with van der Waals surface area (Å²) in [5.41, 5.74) is 2.42. The summed E-state index contributed by atoms with van der Waals surface area (Å²) in [6, 6.07) is 4.13. The van der Waals surface area contributed by atoms with Gasteiger partial charge in [0.2, 0.25) is 0 Å². The number of hydrogen-bond donors (Lipinski definition) is 1. The molecule has 4 heteroatoms. The van der Waals surface area contributed by atoms with Gasteiger partial charge < -0.3 is 5.11 Å². The fraction of sp³-hybridized carbons (Fsp3) is 0.375. The van der Waals surface area contributed by atoms with Gasteiger partial charge in [0.05, 0.1) is 11.1 Å². The average molecular weight is 273 g/mol. The molecule has 0 amide bonds. The first-order valence-corrected chi connectivity index (χ1v) is 6.94. The SMILES string of the molecule is CCC1CCc2nc3cc(F)ccc3c(C(=O)O)c2C1. The van der Waals surface area contributed by atoms with Crippen LogP contribution in [0.1, 0.15) is 41.4 Å². The Morgan fingerprint density at radius 1 is 1.50 bits per heavy atom. The van der Waals surface area contributed by atoms with E-state index in [9.17, 15) is 14.3 Å². The smallest absolute Gasteiger partial charge is 0.336 e. The van der Waals surface area contributed by atoms with Crippen LogP contribution in [0.15, 0.2) is 18.2 Å². The number of hydrogen-bond acceptors (Lipinski definition) is 2. The normalized spacial score (nSPS) is 18.0. The first-order valence-electron chi connectivity index (χ1n) is 6.94. The molecule has 20 heavy (non-hydrogen) atoms. The summed E-state index contributed by atoms with van der Waals surface area (Å²) in [5, 5.41) is 10.1. The van der Waals surface area contributed by atoms with Gasteiger partial charge in [-0.05, 0) is 42.9 Å². The Morgan fingerprint density at radius 2 is 2.30 bits per heavy atom. The van der Waals surface area contributed by atoms with E-state index in [1.54, 1.807) is 0 Å². The number of halogens is 1. The maximum Gasteiger partial charge on any atom is 0.336 e. The fourth-order valence-corrected chi connectivity index (χ4v) is 3.08. The van der Waals surface area contributed by atoms with Gasteiger partial charge in [0.15, 0.2) is 0 Å². The van der Waals surface area contributed by atoms with E-state index >= 15 is 0 Å². The first kappa shape index (κ1) is 13.0. The van der Waals surface area contributed by atoms with Gasteiger partial charge in [-0.2, -0.15) is 0 Å². The summed E-state index contributed by atoms with van der Waals surface area (Å²) < 4.78 is 13.3. The second kappa shape index (κ2) is 4.85. The van der Waals surface area contributed by atoms with Crippen LogP contribution in [0.25, 0.3) is 10.9 Å². The number of fused-ring (bicyclic) bond motifs is 2. The molecule has 0 spiro atoms. The second-order valence-corrected chi connectivity index (χ2v) is 5.40. The fourth-order valence-electron chi connectivity index (χ4n) is 3.08. The van der Waals surface area contributed by atoms with Crippen molar-refractivity contribution in [2.24, 2.45) is 5.92 Å². The van der Waals surface area contributed by atoms with E-state index in [2.05, 4.69) is 11.9 Å². The lowest BCUT2D eigenvalue weighted by atomic mass is 9.82. The number of aromatic carboxylic acids is 1. The van der Waals surface area contributed by atoms with Crippen molar-refractivity contribution < 1.29 is 14.3 Å². The highest BCUT2D eigenvalue weighted by molar-refractivity contribution is 6.04. The highest BCUT2D eigenvalue weighted by Crippen LogP contribution is 2.32. The van der Waals surface area contributed by atoms with Gasteiger partial charge >= 0.3 is 5.97 Å². The molecule has 1 unspecified atom stereocenters. The summed E-state index contributed by atoms with van der Waals surface area (Å²) in [4.78, 5) is 16.1. The van der Waals surface area contributed by atoms with E-state index in [4.69, 9.17) is 0 Å². The van der Waals surface area contributed by atoms with Crippen LogP contribution >= 0.6 is 0 Å². The molecule has 0 aliphatic heterocycles. The van der Waals surface area contributed by atoms with Gasteiger partial charge in [0, 0.05) is 17.1 Å². The van der Waals surface area contributed by atoms with Gasteiger partial charge in [0.25, 0.3) is 0 Å². The Hall–Kier alpha value is -1.97. The van der Waals surface area contributed by atoms with Gasteiger partial charge in [-0.1, -0.05) is 13.3 Å². The Morgan fingerprint density at radius 3 is 3.00 bits per heavy atom. The van der Waals surface area contributed by atoms with Crippen LogP contribution in [-0.4, -0.2) is 16.1 Å². The highest BCUT2D eigenvalue weighted by Gasteiger charge is 2.26. The largest absolute Gasteiger partial charge is 0.478 e. The van der Waals surface area contributed by atoms with Crippen LogP contribution < -0.4 is 0 Å².